The van der Waals surface area contributed by atoms with E-state index in [4.69, 9.17) is 9.47 Å². The molecule has 0 aliphatic rings. The van der Waals surface area contributed by atoms with Crippen LogP contribution in [0.5, 0.6) is 5.75 Å². The SMILES string of the molecule is COC(=O)COc1ccc(C[C@@H](CO)NC(=O)[C@H](Cc2ccccc2)NC(=O)OC(C)(C)C)cc1C(C)=O. The summed E-state index contributed by atoms with van der Waals surface area (Å²) >= 11 is 0. The fraction of sp³-hybridized carbons (Fsp3) is 0.429. The second kappa shape index (κ2) is 14.1. The predicted octanol–water partition coefficient (Wildman–Crippen LogP) is 2.60. The molecule has 10 heteroatoms. The van der Waals surface area contributed by atoms with Gasteiger partial charge < -0.3 is 30.0 Å². The van der Waals surface area contributed by atoms with E-state index >= 15 is 0 Å². The number of rotatable bonds is 12. The predicted molar refractivity (Wildman–Crippen MR) is 140 cm³/mol. The molecule has 0 radical (unpaired) electrons. The highest BCUT2D eigenvalue weighted by atomic mass is 16.6. The number of methoxy groups -OCH3 is 1. The second-order valence-electron chi connectivity index (χ2n) is 9.73. The van der Waals surface area contributed by atoms with Gasteiger partial charge >= 0.3 is 12.1 Å². The first kappa shape index (κ1) is 30.3. The van der Waals surface area contributed by atoms with Gasteiger partial charge in [-0.15, -0.1) is 0 Å². The third kappa shape index (κ3) is 10.2. The molecule has 0 heterocycles. The molecule has 2 aromatic carbocycles. The van der Waals surface area contributed by atoms with Crippen LogP contribution in [0.15, 0.2) is 48.5 Å². The van der Waals surface area contributed by atoms with Gasteiger partial charge in [0, 0.05) is 6.42 Å². The Balaban J connectivity index is 2.16. The zero-order chi connectivity index (χ0) is 28.3. The van der Waals surface area contributed by atoms with E-state index in [1.165, 1.54) is 14.0 Å². The number of hydrogen-bond donors (Lipinski definition) is 3. The average Bonchev–Trinajstić information content (AvgIpc) is 2.86. The average molecular weight is 529 g/mol. The van der Waals surface area contributed by atoms with Crippen LogP contribution in [0, 0.1) is 0 Å². The monoisotopic (exact) mass is 528 g/mol. The molecule has 3 N–H and O–H groups in total. The van der Waals surface area contributed by atoms with Crippen LogP contribution < -0.4 is 15.4 Å². The van der Waals surface area contributed by atoms with Crippen LogP contribution in [0.4, 0.5) is 4.79 Å². The van der Waals surface area contributed by atoms with E-state index in [1.807, 2.05) is 30.3 Å². The van der Waals surface area contributed by atoms with E-state index in [1.54, 1.807) is 39.0 Å². The lowest BCUT2D eigenvalue weighted by molar-refractivity contribution is -0.142. The maximum atomic E-state index is 13.2. The number of amides is 2. The third-order valence-electron chi connectivity index (χ3n) is 5.34. The first-order chi connectivity index (χ1) is 17.9. The summed E-state index contributed by atoms with van der Waals surface area (Å²) in [4.78, 5) is 49.2. The maximum Gasteiger partial charge on any atom is 0.408 e. The summed E-state index contributed by atoms with van der Waals surface area (Å²) in [5.41, 5.74) is 0.993. The number of ketones is 1. The molecule has 2 aromatic rings. The van der Waals surface area contributed by atoms with Crippen molar-refractivity contribution in [3.63, 3.8) is 0 Å². The van der Waals surface area contributed by atoms with Gasteiger partial charge in [0.05, 0.1) is 25.3 Å². The number of ether oxygens (including phenoxy) is 3. The Labute approximate surface area is 222 Å². The van der Waals surface area contributed by atoms with Crippen molar-refractivity contribution < 1.29 is 38.5 Å². The Morgan fingerprint density at radius 2 is 1.63 bits per heavy atom. The van der Waals surface area contributed by atoms with E-state index in [-0.39, 0.29) is 43.2 Å². The standard InChI is InChI=1S/C28H36N2O8/c1-18(32)22-14-20(11-12-24(22)37-17-25(33)36-5)13-21(16-31)29-26(34)23(15-19-9-7-6-8-10-19)30-27(35)38-28(2,3)4/h6-12,14,21,23,31H,13,15-17H2,1-5H3,(H,29,34)(H,30,35)/t21-,23-/m0/s1. The highest BCUT2D eigenvalue weighted by Gasteiger charge is 2.26. The first-order valence-corrected chi connectivity index (χ1v) is 12.2. The molecule has 0 fully saturated rings. The van der Waals surface area contributed by atoms with Gasteiger partial charge in [0.2, 0.25) is 5.91 Å². The summed E-state index contributed by atoms with van der Waals surface area (Å²) in [6.07, 6.45) is -0.322. The van der Waals surface area contributed by atoms with Gasteiger partial charge in [0.1, 0.15) is 17.4 Å². The van der Waals surface area contributed by atoms with Crippen molar-refractivity contribution in [3.05, 3.63) is 65.2 Å². The van der Waals surface area contributed by atoms with Crippen molar-refractivity contribution in [3.8, 4) is 5.75 Å². The number of carbonyl (C=O) groups is 4. The number of hydrogen-bond acceptors (Lipinski definition) is 8. The minimum atomic E-state index is -0.955. The topological polar surface area (TPSA) is 140 Å². The number of esters is 1. The van der Waals surface area contributed by atoms with Gasteiger partial charge in [-0.2, -0.15) is 0 Å². The summed E-state index contributed by atoms with van der Waals surface area (Å²) in [5, 5.41) is 15.4. The van der Waals surface area contributed by atoms with Crippen LogP contribution >= 0.6 is 0 Å². The van der Waals surface area contributed by atoms with E-state index in [9.17, 15) is 24.3 Å². The van der Waals surface area contributed by atoms with Gasteiger partial charge in [-0.1, -0.05) is 36.4 Å². The van der Waals surface area contributed by atoms with Crippen LogP contribution in [0.3, 0.4) is 0 Å². The molecule has 2 rings (SSSR count). The largest absolute Gasteiger partial charge is 0.481 e. The summed E-state index contributed by atoms with van der Waals surface area (Å²) in [6.45, 7) is 5.81. The molecule has 10 nitrogen and oxygen atoms in total. The second-order valence-corrected chi connectivity index (χ2v) is 9.73. The third-order valence-corrected chi connectivity index (χ3v) is 5.34. The van der Waals surface area contributed by atoms with Gasteiger partial charge in [0.15, 0.2) is 12.4 Å². The number of alkyl carbamates (subject to hydrolysis) is 1. The molecular formula is C28H36N2O8. The van der Waals surface area contributed by atoms with Crippen LogP contribution in [-0.4, -0.2) is 66.9 Å². The minimum absolute atomic E-state index is 0.199. The van der Waals surface area contributed by atoms with Crippen molar-refractivity contribution in [2.24, 2.45) is 0 Å². The smallest absolute Gasteiger partial charge is 0.408 e. The van der Waals surface area contributed by atoms with Crippen molar-refractivity contribution in [1.29, 1.82) is 0 Å². The van der Waals surface area contributed by atoms with Gasteiger partial charge in [-0.3, -0.25) is 9.59 Å². The van der Waals surface area contributed by atoms with Crippen molar-refractivity contribution in [1.82, 2.24) is 10.6 Å². The molecule has 0 unspecified atom stereocenters. The molecule has 38 heavy (non-hydrogen) atoms. The Morgan fingerprint density at radius 3 is 2.21 bits per heavy atom. The van der Waals surface area contributed by atoms with Gasteiger partial charge in [-0.25, -0.2) is 9.59 Å². The Morgan fingerprint density at radius 1 is 0.947 bits per heavy atom. The van der Waals surface area contributed by atoms with E-state index in [2.05, 4.69) is 15.4 Å². The highest BCUT2D eigenvalue weighted by Crippen LogP contribution is 2.22. The molecule has 0 aliphatic heterocycles. The normalized spacial score (nSPS) is 12.6. The summed E-state index contributed by atoms with van der Waals surface area (Å²) in [6, 6.07) is 12.3. The summed E-state index contributed by atoms with van der Waals surface area (Å²) in [5.74, 6) is -1.14. The molecule has 0 aromatic heterocycles. The molecule has 0 aliphatic carbocycles. The lowest BCUT2D eigenvalue weighted by Crippen LogP contribution is -2.52. The number of carbonyl (C=O) groups excluding carboxylic acids is 4. The summed E-state index contributed by atoms with van der Waals surface area (Å²) in [7, 11) is 1.23. The lowest BCUT2D eigenvalue weighted by Gasteiger charge is -2.25. The minimum Gasteiger partial charge on any atom is -0.481 e. The summed E-state index contributed by atoms with van der Waals surface area (Å²) < 4.78 is 15.3. The Kier molecular flexibility index (Phi) is 11.3. The first-order valence-electron chi connectivity index (χ1n) is 12.2. The van der Waals surface area contributed by atoms with Crippen molar-refractivity contribution >= 4 is 23.8 Å². The van der Waals surface area contributed by atoms with Crippen LogP contribution in [0.1, 0.15) is 49.2 Å². The van der Waals surface area contributed by atoms with Crippen molar-refractivity contribution in [2.75, 3.05) is 20.3 Å². The number of Topliss-reactive ketones (excluding diaryl/α,β-unsaturated/α-hetero) is 1. The Hall–Kier alpha value is -3.92. The fourth-order valence-electron chi connectivity index (χ4n) is 3.56. The molecule has 2 atom stereocenters. The fourth-order valence-corrected chi connectivity index (χ4v) is 3.56. The molecule has 0 bridgehead atoms. The maximum absolute atomic E-state index is 13.2. The van der Waals surface area contributed by atoms with E-state index in [0.29, 0.717) is 5.56 Å². The molecule has 0 spiro atoms. The number of aliphatic hydroxyl groups is 1. The van der Waals surface area contributed by atoms with Gasteiger partial charge in [-0.05, 0) is 57.4 Å². The van der Waals surface area contributed by atoms with E-state index in [0.717, 1.165) is 5.56 Å². The number of nitrogens with one attached hydrogen (secondary N) is 2. The zero-order valence-corrected chi connectivity index (χ0v) is 22.4. The van der Waals surface area contributed by atoms with Crippen molar-refractivity contribution in [2.45, 2.75) is 58.2 Å². The highest BCUT2D eigenvalue weighted by molar-refractivity contribution is 5.97. The van der Waals surface area contributed by atoms with Crippen LogP contribution in [-0.2, 0) is 31.9 Å². The van der Waals surface area contributed by atoms with Crippen LogP contribution in [0.2, 0.25) is 0 Å². The lowest BCUT2D eigenvalue weighted by atomic mass is 10.0. The quantitative estimate of drug-likeness (QED) is 0.282. The number of benzene rings is 2. The molecule has 0 saturated heterocycles. The molecule has 206 valence electrons. The van der Waals surface area contributed by atoms with E-state index < -0.39 is 35.7 Å². The zero-order valence-electron chi connectivity index (χ0n) is 22.4. The Bertz CT molecular complexity index is 1110. The van der Waals surface area contributed by atoms with Gasteiger partial charge in [0.25, 0.3) is 0 Å². The molecular weight excluding hydrogens is 492 g/mol. The molecule has 0 saturated carbocycles. The number of aliphatic hydroxyl groups excluding tert-OH is 1. The van der Waals surface area contributed by atoms with Crippen LogP contribution in [0.25, 0.3) is 0 Å². The molecule has 2 amide bonds.